The van der Waals surface area contributed by atoms with Crippen LogP contribution in [0.3, 0.4) is 0 Å². The zero-order valence-corrected chi connectivity index (χ0v) is 20.6. The molecule has 0 saturated heterocycles. The molecule has 2 N–H and O–H groups in total. The van der Waals surface area contributed by atoms with E-state index in [-0.39, 0.29) is 11.5 Å². The molecule has 2 aromatic carbocycles. The Kier molecular flexibility index (Phi) is 7.24. The summed E-state index contributed by atoms with van der Waals surface area (Å²) in [5.41, 5.74) is 3.34. The number of nitrogens with one attached hydrogen (secondary N) is 2. The van der Waals surface area contributed by atoms with E-state index in [0.717, 1.165) is 48.6 Å². The summed E-state index contributed by atoms with van der Waals surface area (Å²) in [6, 6.07) is 12.4. The van der Waals surface area contributed by atoms with Crippen molar-refractivity contribution in [1.29, 1.82) is 0 Å². The Morgan fingerprint density at radius 2 is 1.78 bits per heavy atom. The van der Waals surface area contributed by atoms with Gasteiger partial charge in [-0.3, -0.25) is 9.59 Å². The number of ketones is 1. The van der Waals surface area contributed by atoms with Crippen molar-refractivity contribution in [1.82, 2.24) is 5.32 Å². The van der Waals surface area contributed by atoms with Crippen molar-refractivity contribution in [3.63, 3.8) is 0 Å². The van der Waals surface area contributed by atoms with E-state index in [2.05, 4.69) is 29.4 Å². The number of alkyl halides is 3. The van der Waals surface area contributed by atoms with Crippen LogP contribution in [0.25, 0.3) is 0 Å². The molecule has 4 rings (SSSR count). The molecule has 1 aliphatic heterocycles. The summed E-state index contributed by atoms with van der Waals surface area (Å²) < 4.78 is 39.6. The molecule has 1 amide bonds. The highest BCUT2D eigenvalue weighted by atomic mass is 19.4. The number of carbonyl (C=O) groups is 2. The minimum Gasteiger partial charge on any atom is -0.372 e. The number of anilines is 2. The summed E-state index contributed by atoms with van der Waals surface area (Å²) in [5, 5.41) is 5.87. The Bertz CT molecular complexity index is 1230. The fourth-order valence-corrected chi connectivity index (χ4v) is 5.06. The van der Waals surface area contributed by atoms with Crippen LogP contribution in [0.5, 0.6) is 0 Å². The normalized spacial score (nSPS) is 18.1. The van der Waals surface area contributed by atoms with Crippen molar-refractivity contribution in [2.24, 2.45) is 0 Å². The number of nitrogens with zero attached hydrogens (tertiary/aromatic N) is 1. The lowest BCUT2D eigenvalue weighted by Gasteiger charge is -2.34. The zero-order chi connectivity index (χ0) is 26.0. The molecule has 1 heterocycles. The van der Waals surface area contributed by atoms with Crippen molar-refractivity contribution in [2.75, 3.05) is 23.3 Å². The Labute approximate surface area is 209 Å². The molecule has 1 atom stereocenters. The van der Waals surface area contributed by atoms with Crippen molar-refractivity contribution in [3.05, 3.63) is 82.2 Å². The van der Waals surface area contributed by atoms with Gasteiger partial charge in [-0.15, -0.1) is 0 Å². The number of rotatable bonds is 6. The summed E-state index contributed by atoms with van der Waals surface area (Å²) in [6.45, 7) is 7.61. The van der Waals surface area contributed by atoms with Crippen LogP contribution < -0.4 is 15.5 Å². The first-order valence-corrected chi connectivity index (χ1v) is 12.2. The van der Waals surface area contributed by atoms with Crippen LogP contribution in [0.4, 0.5) is 24.5 Å². The number of allylic oxidation sites excluding steroid dienone is 3. The smallest absolute Gasteiger partial charge is 0.372 e. The van der Waals surface area contributed by atoms with Crippen LogP contribution in [0, 0.1) is 0 Å². The van der Waals surface area contributed by atoms with Crippen molar-refractivity contribution < 1.29 is 22.8 Å². The summed E-state index contributed by atoms with van der Waals surface area (Å²) in [5.74, 6) is -1.16. The van der Waals surface area contributed by atoms with E-state index in [1.807, 2.05) is 24.3 Å². The molecular weight excluding hydrogens is 467 g/mol. The molecule has 5 nitrogen and oxygen atoms in total. The van der Waals surface area contributed by atoms with Gasteiger partial charge in [0.2, 0.25) is 0 Å². The summed E-state index contributed by atoms with van der Waals surface area (Å²) in [6.07, 6.45) is -2.69. The third-order valence-electron chi connectivity index (χ3n) is 6.82. The molecular formula is C28H30F3N3O2. The molecule has 8 heteroatoms. The van der Waals surface area contributed by atoms with Crippen LogP contribution in [-0.4, -0.2) is 24.8 Å². The second-order valence-electron chi connectivity index (χ2n) is 9.06. The topological polar surface area (TPSA) is 61.4 Å². The number of carbonyl (C=O) groups excluding carboxylic acids is 2. The molecule has 0 bridgehead atoms. The van der Waals surface area contributed by atoms with Crippen LogP contribution in [-0.2, 0) is 15.8 Å². The summed E-state index contributed by atoms with van der Waals surface area (Å²) in [7, 11) is 0. The van der Waals surface area contributed by atoms with Crippen LogP contribution in [0.1, 0.15) is 57.1 Å². The predicted octanol–water partition coefficient (Wildman–Crippen LogP) is 6.16. The Morgan fingerprint density at radius 1 is 1.08 bits per heavy atom. The van der Waals surface area contributed by atoms with Gasteiger partial charge in [0, 0.05) is 59.3 Å². The molecule has 1 unspecified atom stereocenters. The van der Waals surface area contributed by atoms with Gasteiger partial charge in [0.1, 0.15) is 0 Å². The van der Waals surface area contributed by atoms with Gasteiger partial charge in [0.25, 0.3) is 5.91 Å². The standard InChI is InChI=1S/C28H30F3N3O2/c1-4-34(5-2)21-14-12-18(13-15-21)25-24(17(3)32-22-10-7-11-23(35)26(22)25)27(36)33-20-9-6-8-19(16-20)28(29,30)31/h6,8-9,12-16,25,32H,4-5,7,10-11H2,1-3H3,(H,33,36). The van der Waals surface area contributed by atoms with Crippen LogP contribution >= 0.6 is 0 Å². The molecule has 190 valence electrons. The van der Waals surface area contributed by atoms with Crippen LogP contribution in [0.15, 0.2) is 71.1 Å². The quantitative estimate of drug-likeness (QED) is 0.502. The molecule has 1 aliphatic carbocycles. The minimum absolute atomic E-state index is 0.0153. The SMILES string of the molecule is CCN(CC)c1ccc(C2C(C(=O)Nc3cccc(C(F)(F)F)c3)=C(C)NC3=C2C(=O)CCC3)cc1. The van der Waals surface area contributed by atoms with Crippen LogP contribution in [0.2, 0.25) is 0 Å². The highest BCUT2D eigenvalue weighted by molar-refractivity contribution is 6.09. The van der Waals surface area contributed by atoms with Gasteiger partial charge < -0.3 is 15.5 Å². The van der Waals surface area contributed by atoms with Crippen molar-refractivity contribution in [3.8, 4) is 0 Å². The average molecular weight is 498 g/mol. The third-order valence-corrected chi connectivity index (χ3v) is 6.82. The molecule has 2 aliphatic rings. The third kappa shape index (κ3) is 5.03. The summed E-state index contributed by atoms with van der Waals surface area (Å²) in [4.78, 5) is 28.8. The maximum atomic E-state index is 13.5. The second kappa shape index (κ2) is 10.2. The lowest BCUT2D eigenvalue weighted by atomic mass is 9.75. The Hall–Kier alpha value is -3.55. The molecule has 0 fully saturated rings. The molecule has 0 saturated carbocycles. The number of dihydropyridines is 1. The Balaban J connectivity index is 1.74. The first-order chi connectivity index (χ1) is 17.1. The number of hydrogen-bond donors (Lipinski definition) is 2. The minimum atomic E-state index is -4.52. The predicted molar refractivity (Wildman–Crippen MR) is 135 cm³/mol. The number of amides is 1. The lowest BCUT2D eigenvalue weighted by Crippen LogP contribution is -2.35. The van der Waals surface area contributed by atoms with Crippen molar-refractivity contribution in [2.45, 2.75) is 52.1 Å². The van der Waals surface area contributed by atoms with E-state index in [4.69, 9.17) is 0 Å². The first kappa shape index (κ1) is 25.5. The zero-order valence-electron chi connectivity index (χ0n) is 20.6. The maximum absolute atomic E-state index is 13.5. The van der Waals surface area contributed by atoms with E-state index in [1.165, 1.54) is 12.1 Å². The van der Waals surface area contributed by atoms with Gasteiger partial charge in [-0.05, 0) is 69.5 Å². The highest BCUT2D eigenvalue weighted by Crippen LogP contribution is 2.43. The van der Waals surface area contributed by atoms with Crippen molar-refractivity contribution >= 4 is 23.1 Å². The van der Waals surface area contributed by atoms with Gasteiger partial charge in [0.15, 0.2) is 5.78 Å². The number of halogens is 3. The molecule has 2 aromatic rings. The van der Waals surface area contributed by atoms with E-state index in [1.54, 1.807) is 6.92 Å². The number of benzene rings is 2. The van der Waals surface area contributed by atoms with E-state index >= 15 is 0 Å². The Morgan fingerprint density at radius 3 is 2.42 bits per heavy atom. The number of Topliss-reactive ketones (excluding diaryl/α,β-unsaturated/α-hetero) is 1. The summed E-state index contributed by atoms with van der Waals surface area (Å²) >= 11 is 0. The monoisotopic (exact) mass is 497 g/mol. The van der Waals surface area contributed by atoms with E-state index < -0.39 is 23.6 Å². The molecule has 36 heavy (non-hydrogen) atoms. The van der Waals surface area contributed by atoms with Gasteiger partial charge in [-0.25, -0.2) is 0 Å². The van der Waals surface area contributed by atoms with Gasteiger partial charge in [-0.1, -0.05) is 18.2 Å². The van der Waals surface area contributed by atoms with Gasteiger partial charge >= 0.3 is 6.18 Å². The fraction of sp³-hybridized carbons (Fsp3) is 0.357. The fourth-order valence-electron chi connectivity index (χ4n) is 5.06. The molecule has 0 spiro atoms. The highest BCUT2D eigenvalue weighted by Gasteiger charge is 2.38. The van der Waals surface area contributed by atoms with E-state index in [9.17, 15) is 22.8 Å². The molecule has 0 aromatic heterocycles. The van der Waals surface area contributed by atoms with E-state index in [0.29, 0.717) is 29.7 Å². The molecule has 0 radical (unpaired) electrons. The van der Waals surface area contributed by atoms with Gasteiger partial charge in [-0.2, -0.15) is 13.2 Å². The second-order valence-corrected chi connectivity index (χ2v) is 9.06. The maximum Gasteiger partial charge on any atom is 0.416 e. The average Bonchev–Trinajstić information content (AvgIpc) is 2.84. The first-order valence-electron chi connectivity index (χ1n) is 12.2. The largest absolute Gasteiger partial charge is 0.416 e. The number of hydrogen-bond acceptors (Lipinski definition) is 4. The lowest BCUT2D eigenvalue weighted by molar-refractivity contribution is -0.137. The van der Waals surface area contributed by atoms with Gasteiger partial charge in [0.05, 0.1) is 5.56 Å².